The summed E-state index contributed by atoms with van der Waals surface area (Å²) < 4.78 is 12.3. The highest BCUT2D eigenvalue weighted by molar-refractivity contribution is 6.78. The van der Waals surface area contributed by atoms with E-state index in [1.807, 2.05) is 18.3 Å². The van der Waals surface area contributed by atoms with E-state index in [0.29, 0.717) is 16.6 Å². The van der Waals surface area contributed by atoms with Crippen molar-refractivity contribution in [2.45, 2.75) is 58.2 Å². The molecule has 1 aromatic carbocycles. The van der Waals surface area contributed by atoms with E-state index in [0.717, 1.165) is 22.4 Å². The second-order valence-corrected chi connectivity index (χ2v) is 12.4. The Morgan fingerprint density at radius 1 is 0.955 bits per heavy atom. The summed E-state index contributed by atoms with van der Waals surface area (Å²) in [6.07, 6.45) is 1.96. The highest BCUT2D eigenvalue weighted by atomic mass is 28.4. The van der Waals surface area contributed by atoms with Crippen LogP contribution >= 0.6 is 0 Å². The van der Waals surface area contributed by atoms with Gasteiger partial charge in [0, 0.05) is 17.6 Å². The van der Waals surface area contributed by atoms with Gasteiger partial charge in [-0.2, -0.15) is 0 Å². The van der Waals surface area contributed by atoms with E-state index in [2.05, 4.69) is 52.6 Å². The molecule has 1 N–H and O–H groups in total. The smallest absolute Gasteiger partial charge is 0.258 e. The molecule has 122 valence electrons. The van der Waals surface area contributed by atoms with Gasteiger partial charge < -0.3 is 14.1 Å². The molecule has 3 nitrogen and oxygen atoms in total. The third kappa shape index (κ3) is 2.76. The third-order valence-corrected chi connectivity index (χ3v) is 10.8. The molecule has 0 saturated heterocycles. The van der Waals surface area contributed by atoms with Crippen LogP contribution in [0.3, 0.4) is 0 Å². The quantitative estimate of drug-likeness (QED) is 0.690. The number of nitrogens with one attached hydrogen (secondary N) is 1. The van der Waals surface area contributed by atoms with Crippen molar-refractivity contribution in [3.8, 4) is 11.5 Å². The van der Waals surface area contributed by atoms with Gasteiger partial charge in [-0.3, -0.25) is 0 Å². The number of hydrogen-bond acceptors (Lipinski definition) is 2. The molecule has 4 heteroatoms. The van der Waals surface area contributed by atoms with Crippen molar-refractivity contribution in [1.29, 1.82) is 0 Å². The van der Waals surface area contributed by atoms with Crippen molar-refractivity contribution in [1.82, 2.24) is 4.98 Å². The molecule has 0 atom stereocenters. The van der Waals surface area contributed by atoms with Gasteiger partial charge in [-0.1, -0.05) is 41.5 Å². The standard InChI is InChI=1S/C18H29NO2Si/c1-12(2)22(13(3)4,14(5)6)21-17-11-16(20-7)10-15-8-9-19-18(15)17/h8-14,19H,1-7H3. The first-order chi connectivity index (χ1) is 10.3. The van der Waals surface area contributed by atoms with Gasteiger partial charge in [0.25, 0.3) is 8.32 Å². The summed E-state index contributed by atoms with van der Waals surface area (Å²) in [4.78, 5) is 3.32. The number of aromatic nitrogens is 1. The van der Waals surface area contributed by atoms with Crippen LogP contribution in [-0.2, 0) is 0 Å². The normalized spacial score (nSPS) is 12.6. The fraction of sp³-hybridized carbons (Fsp3) is 0.556. The van der Waals surface area contributed by atoms with Gasteiger partial charge >= 0.3 is 0 Å². The van der Waals surface area contributed by atoms with Gasteiger partial charge in [-0.25, -0.2) is 0 Å². The van der Waals surface area contributed by atoms with E-state index < -0.39 is 8.32 Å². The Labute approximate surface area is 135 Å². The van der Waals surface area contributed by atoms with Crippen LogP contribution in [-0.4, -0.2) is 20.4 Å². The second-order valence-electron chi connectivity index (χ2n) is 6.99. The molecule has 0 spiro atoms. The number of ether oxygens (including phenoxy) is 1. The number of H-pyrrole nitrogens is 1. The third-order valence-electron chi connectivity index (χ3n) is 4.83. The number of rotatable bonds is 6. The van der Waals surface area contributed by atoms with Crippen LogP contribution in [0, 0.1) is 0 Å². The number of methoxy groups -OCH3 is 1. The van der Waals surface area contributed by atoms with E-state index in [4.69, 9.17) is 9.16 Å². The molecule has 22 heavy (non-hydrogen) atoms. The Balaban J connectivity index is 2.57. The predicted molar refractivity (Wildman–Crippen MR) is 96.5 cm³/mol. The second kappa shape index (κ2) is 6.37. The van der Waals surface area contributed by atoms with Gasteiger partial charge in [0.2, 0.25) is 0 Å². The topological polar surface area (TPSA) is 34.2 Å². The SMILES string of the molecule is COc1cc(O[Si](C(C)C)(C(C)C)C(C)C)c2[nH]ccc2c1. The molecule has 1 heterocycles. The number of fused-ring (bicyclic) bond motifs is 1. The molecule has 0 bridgehead atoms. The number of benzene rings is 1. The summed E-state index contributed by atoms with van der Waals surface area (Å²) in [5, 5.41) is 1.13. The Morgan fingerprint density at radius 2 is 1.55 bits per heavy atom. The molecule has 0 aliphatic carbocycles. The first-order valence-electron chi connectivity index (χ1n) is 8.17. The summed E-state index contributed by atoms with van der Waals surface area (Å²) in [5.41, 5.74) is 2.70. The summed E-state index contributed by atoms with van der Waals surface area (Å²) >= 11 is 0. The molecule has 0 aliphatic heterocycles. The predicted octanol–water partition coefficient (Wildman–Crippen LogP) is 5.73. The van der Waals surface area contributed by atoms with Crippen molar-refractivity contribution in [3.63, 3.8) is 0 Å². The molecule has 0 amide bonds. The largest absolute Gasteiger partial charge is 0.541 e. The Morgan fingerprint density at radius 3 is 2.05 bits per heavy atom. The minimum atomic E-state index is -1.97. The van der Waals surface area contributed by atoms with Crippen LogP contribution in [0.25, 0.3) is 10.9 Å². The average Bonchev–Trinajstić information content (AvgIpc) is 2.91. The lowest BCUT2D eigenvalue weighted by atomic mass is 10.2. The van der Waals surface area contributed by atoms with E-state index >= 15 is 0 Å². The van der Waals surface area contributed by atoms with Crippen molar-refractivity contribution in [2.24, 2.45) is 0 Å². The number of aromatic amines is 1. The average molecular weight is 320 g/mol. The van der Waals surface area contributed by atoms with Crippen LogP contribution in [0.4, 0.5) is 0 Å². The van der Waals surface area contributed by atoms with Crippen LogP contribution in [0.5, 0.6) is 11.5 Å². The molecule has 2 aromatic rings. The molecule has 2 rings (SSSR count). The molecular weight excluding hydrogens is 290 g/mol. The Kier molecular flexibility index (Phi) is 4.90. The molecule has 0 aliphatic rings. The summed E-state index contributed by atoms with van der Waals surface area (Å²) in [5.74, 6) is 1.78. The molecule has 0 unspecified atom stereocenters. The highest BCUT2D eigenvalue weighted by Gasteiger charge is 2.47. The minimum Gasteiger partial charge on any atom is -0.541 e. The summed E-state index contributed by atoms with van der Waals surface area (Å²) in [6.45, 7) is 13.8. The van der Waals surface area contributed by atoms with E-state index in [1.165, 1.54) is 0 Å². The van der Waals surface area contributed by atoms with Crippen molar-refractivity contribution in [2.75, 3.05) is 7.11 Å². The van der Waals surface area contributed by atoms with E-state index in [-0.39, 0.29) is 0 Å². The van der Waals surface area contributed by atoms with E-state index in [9.17, 15) is 0 Å². The van der Waals surface area contributed by atoms with Crippen molar-refractivity contribution >= 4 is 19.2 Å². The van der Waals surface area contributed by atoms with Gasteiger partial charge in [-0.15, -0.1) is 0 Å². The zero-order chi connectivity index (χ0) is 16.5. The first kappa shape index (κ1) is 16.9. The fourth-order valence-corrected chi connectivity index (χ4v) is 9.10. The highest BCUT2D eigenvalue weighted by Crippen LogP contribution is 2.44. The van der Waals surface area contributed by atoms with Crippen LogP contribution in [0.2, 0.25) is 16.6 Å². The maximum absolute atomic E-state index is 6.83. The zero-order valence-electron chi connectivity index (χ0n) is 14.9. The lowest BCUT2D eigenvalue weighted by molar-refractivity contribution is 0.411. The minimum absolute atomic E-state index is 0.545. The fourth-order valence-electron chi connectivity index (χ4n) is 3.85. The lowest BCUT2D eigenvalue weighted by Gasteiger charge is -2.42. The monoisotopic (exact) mass is 319 g/mol. The van der Waals surface area contributed by atoms with E-state index in [1.54, 1.807) is 7.11 Å². The maximum atomic E-state index is 6.83. The van der Waals surface area contributed by atoms with Gasteiger partial charge in [0.1, 0.15) is 11.5 Å². The lowest BCUT2D eigenvalue weighted by Crippen LogP contribution is -2.50. The number of hydrogen-bond donors (Lipinski definition) is 1. The maximum Gasteiger partial charge on any atom is 0.258 e. The first-order valence-corrected chi connectivity index (χ1v) is 10.3. The summed E-state index contributed by atoms with van der Waals surface area (Å²) in [7, 11) is -0.266. The molecule has 1 aromatic heterocycles. The molecule has 0 radical (unpaired) electrons. The van der Waals surface area contributed by atoms with Gasteiger partial charge in [-0.05, 0) is 28.8 Å². The van der Waals surface area contributed by atoms with Crippen LogP contribution in [0.1, 0.15) is 41.5 Å². The van der Waals surface area contributed by atoms with Gasteiger partial charge in [0.05, 0.1) is 12.6 Å². The molecule has 0 saturated carbocycles. The zero-order valence-corrected chi connectivity index (χ0v) is 15.9. The summed E-state index contributed by atoms with van der Waals surface area (Å²) in [6, 6.07) is 6.13. The Hall–Kier alpha value is -1.42. The Bertz CT molecular complexity index is 609. The van der Waals surface area contributed by atoms with Gasteiger partial charge in [0.15, 0.2) is 0 Å². The van der Waals surface area contributed by atoms with Crippen LogP contribution < -0.4 is 9.16 Å². The van der Waals surface area contributed by atoms with Crippen molar-refractivity contribution in [3.05, 3.63) is 24.4 Å². The molecular formula is C18H29NO2Si. The molecule has 0 fully saturated rings. The van der Waals surface area contributed by atoms with Crippen LogP contribution in [0.15, 0.2) is 24.4 Å². The van der Waals surface area contributed by atoms with Crippen molar-refractivity contribution < 1.29 is 9.16 Å².